The molecule has 1 unspecified atom stereocenters. The van der Waals surface area contributed by atoms with Crippen LogP contribution in [0.2, 0.25) is 0 Å². The largest absolute Gasteiger partial charge is 0.481 e. The van der Waals surface area contributed by atoms with E-state index in [-0.39, 0.29) is 0 Å². The molecular weight excluding hydrogens is 200 g/mol. The first kappa shape index (κ1) is 11.2. The number of aromatic nitrogens is 1. The summed E-state index contributed by atoms with van der Waals surface area (Å²) in [4.78, 5) is 6.97. The van der Waals surface area contributed by atoms with Crippen molar-refractivity contribution < 1.29 is 4.74 Å². The van der Waals surface area contributed by atoms with Crippen LogP contribution >= 0.6 is 0 Å². The highest BCUT2D eigenvalue weighted by Crippen LogP contribution is 2.27. The summed E-state index contributed by atoms with van der Waals surface area (Å²) in [6.07, 6.45) is 3.86. The summed E-state index contributed by atoms with van der Waals surface area (Å²) in [6, 6.07) is 4.60. The molecular formula is C13H20N2O. The topological polar surface area (TPSA) is 25.4 Å². The molecule has 3 nitrogen and oxygen atoms in total. The Hall–Kier alpha value is -1.25. The number of anilines is 1. The third kappa shape index (κ3) is 2.13. The van der Waals surface area contributed by atoms with Crippen molar-refractivity contribution in [2.45, 2.75) is 39.2 Å². The Labute approximate surface area is 97.4 Å². The fourth-order valence-corrected chi connectivity index (χ4v) is 2.32. The van der Waals surface area contributed by atoms with Crippen LogP contribution in [0.25, 0.3) is 0 Å². The van der Waals surface area contributed by atoms with Crippen molar-refractivity contribution in [2.24, 2.45) is 0 Å². The summed E-state index contributed by atoms with van der Waals surface area (Å²) in [7, 11) is 1.67. The average molecular weight is 220 g/mol. The molecule has 0 N–H and O–H groups in total. The molecule has 0 bridgehead atoms. The van der Waals surface area contributed by atoms with Crippen molar-refractivity contribution in [3.8, 4) is 5.88 Å². The zero-order chi connectivity index (χ0) is 11.5. The van der Waals surface area contributed by atoms with E-state index in [0.29, 0.717) is 11.9 Å². The lowest BCUT2D eigenvalue weighted by molar-refractivity contribution is 0.395. The van der Waals surface area contributed by atoms with E-state index >= 15 is 0 Å². The van der Waals surface area contributed by atoms with Crippen LogP contribution in [0.3, 0.4) is 0 Å². The monoisotopic (exact) mass is 220 g/mol. The van der Waals surface area contributed by atoms with Gasteiger partial charge in [-0.15, -0.1) is 0 Å². The maximum absolute atomic E-state index is 5.20. The lowest BCUT2D eigenvalue weighted by atomic mass is 10.0. The van der Waals surface area contributed by atoms with Crippen molar-refractivity contribution >= 4 is 5.82 Å². The summed E-state index contributed by atoms with van der Waals surface area (Å²) in [5.41, 5.74) is 1.23. The Kier molecular flexibility index (Phi) is 3.32. The number of aryl methyl sites for hydroxylation is 1. The molecule has 16 heavy (non-hydrogen) atoms. The number of rotatable bonds is 2. The molecule has 1 aliphatic heterocycles. The number of methoxy groups -OCH3 is 1. The van der Waals surface area contributed by atoms with Crippen molar-refractivity contribution in [3.63, 3.8) is 0 Å². The van der Waals surface area contributed by atoms with Gasteiger partial charge in [0.15, 0.2) is 0 Å². The van der Waals surface area contributed by atoms with Crippen molar-refractivity contribution in [1.29, 1.82) is 0 Å². The van der Waals surface area contributed by atoms with E-state index in [1.54, 1.807) is 7.11 Å². The van der Waals surface area contributed by atoms with Gasteiger partial charge in [0.1, 0.15) is 5.82 Å². The zero-order valence-electron chi connectivity index (χ0n) is 10.4. The number of ether oxygens (including phenoxy) is 1. The Morgan fingerprint density at radius 2 is 2.19 bits per heavy atom. The molecule has 0 radical (unpaired) electrons. The van der Waals surface area contributed by atoms with Gasteiger partial charge >= 0.3 is 0 Å². The van der Waals surface area contributed by atoms with E-state index in [2.05, 4.69) is 29.8 Å². The van der Waals surface area contributed by atoms with Crippen molar-refractivity contribution in [2.75, 3.05) is 18.6 Å². The molecule has 0 saturated carbocycles. The van der Waals surface area contributed by atoms with Crippen LogP contribution in [-0.4, -0.2) is 24.7 Å². The van der Waals surface area contributed by atoms with Gasteiger partial charge in [0, 0.05) is 18.7 Å². The maximum Gasteiger partial charge on any atom is 0.214 e. The lowest BCUT2D eigenvalue weighted by Crippen LogP contribution is -2.38. The summed E-state index contributed by atoms with van der Waals surface area (Å²) in [5.74, 6) is 1.80. The van der Waals surface area contributed by atoms with Crippen LogP contribution < -0.4 is 9.64 Å². The third-order valence-corrected chi connectivity index (χ3v) is 3.33. The van der Waals surface area contributed by atoms with E-state index < -0.39 is 0 Å². The fourth-order valence-electron chi connectivity index (χ4n) is 2.32. The quantitative estimate of drug-likeness (QED) is 0.766. The molecule has 2 heterocycles. The lowest BCUT2D eigenvalue weighted by Gasteiger charge is -2.35. The van der Waals surface area contributed by atoms with E-state index in [0.717, 1.165) is 12.4 Å². The first-order chi connectivity index (χ1) is 7.72. The van der Waals surface area contributed by atoms with Crippen LogP contribution in [0.15, 0.2) is 12.1 Å². The van der Waals surface area contributed by atoms with Crippen molar-refractivity contribution in [1.82, 2.24) is 4.98 Å². The Bertz CT molecular complexity index is 365. The molecule has 1 aromatic heterocycles. The van der Waals surface area contributed by atoms with Crippen LogP contribution in [0.1, 0.15) is 31.7 Å². The van der Waals surface area contributed by atoms with Crippen LogP contribution in [0.5, 0.6) is 5.88 Å². The summed E-state index contributed by atoms with van der Waals surface area (Å²) < 4.78 is 5.20. The number of hydrogen-bond donors (Lipinski definition) is 0. The van der Waals surface area contributed by atoms with Crippen LogP contribution in [0, 0.1) is 6.92 Å². The number of pyridine rings is 1. The van der Waals surface area contributed by atoms with E-state index in [9.17, 15) is 0 Å². The second-order valence-electron chi connectivity index (χ2n) is 4.53. The van der Waals surface area contributed by atoms with Crippen LogP contribution in [0.4, 0.5) is 5.82 Å². The number of nitrogens with zero attached hydrogens (tertiary/aromatic N) is 2. The molecule has 0 amide bonds. The second-order valence-corrected chi connectivity index (χ2v) is 4.53. The van der Waals surface area contributed by atoms with Gasteiger partial charge in [0.05, 0.1) is 7.11 Å². The fraction of sp³-hybridized carbons (Fsp3) is 0.615. The van der Waals surface area contributed by atoms with Gasteiger partial charge in [0.2, 0.25) is 5.88 Å². The van der Waals surface area contributed by atoms with Gasteiger partial charge in [-0.25, -0.2) is 0 Å². The Balaban J connectivity index is 2.30. The highest BCUT2D eigenvalue weighted by molar-refractivity contribution is 5.49. The molecule has 1 atom stereocenters. The van der Waals surface area contributed by atoms with Crippen molar-refractivity contribution in [3.05, 3.63) is 17.7 Å². The van der Waals surface area contributed by atoms with Crippen LogP contribution in [-0.2, 0) is 0 Å². The van der Waals surface area contributed by atoms with Gasteiger partial charge in [-0.2, -0.15) is 4.98 Å². The van der Waals surface area contributed by atoms with E-state index in [1.165, 1.54) is 24.8 Å². The molecule has 2 rings (SSSR count). The Morgan fingerprint density at radius 3 is 2.88 bits per heavy atom. The predicted molar refractivity (Wildman–Crippen MR) is 66.2 cm³/mol. The number of piperidine rings is 1. The van der Waals surface area contributed by atoms with Gasteiger partial charge in [-0.3, -0.25) is 0 Å². The second kappa shape index (κ2) is 4.73. The zero-order valence-corrected chi connectivity index (χ0v) is 10.4. The van der Waals surface area contributed by atoms with Gasteiger partial charge in [-0.05, 0) is 38.7 Å². The first-order valence-electron chi connectivity index (χ1n) is 6.00. The predicted octanol–water partition coefficient (Wildman–Crippen LogP) is 2.78. The summed E-state index contributed by atoms with van der Waals surface area (Å²) >= 11 is 0. The number of hydrogen-bond acceptors (Lipinski definition) is 3. The molecule has 1 fully saturated rings. The third-order valence-electron chi connectivity index (χ3n) is 3.33. The minimum Gasteiger partial charge on any atom is -0.481 e. The molecule has 0 aromatic carbocycles. The summed E-state index contributed by atoms with van der Waals surface area (Å²) in [5, 5.41) is 0. The highest BCUT2D eigenvalue weighted by atomic mass is 16.5. The van der Waals surface area contributed by atoms with Gasteiger partial charge in [0.25, 0.3) is 0 Å². The average Bonchev–Trinajstić information content (AvgIpc) is 2.31. The summed E-state index contributed by atoms with van der Waals surface area (Å²) in [6.45, 7) is 5.50. The standard InChI is InChI=1S/C13H20N2O/c1-10-7-8-12(16-3)14-13(10)15-9-5-4-6-11(15)2/h7-8,11H,4-6,9H2,1-3H3. The van der Waals surface area contributed by atoms with E-state index in [1.807, 2.05) is 6.07 Å². The molecule has 88 valence electrons. The molecule has 3 heteroatoms. The SMILES string of the molecule is COc1ccc(C)c(N2CCCCC2C)n1. The maximum atomic E-state index is 5.20. The normalized spacial score (nSPS) is 20.9. The minimum absolute atomic E-state index is 0.590. The minimum atomic E-state index is 0.590. The van der Waals surface area contributed by atoms with Gasteiger partial charge in [-0.1, -0.05) is 6.07 Å². The van der Waals surface area contributed by atoms with E-state index in [4.69, 9.17) is 4.74 Å². The molecule has 1 aliphatic rings. The molecule has 1 saturated heterocycles. The molecule has 0 spiro atoms. The smallest absolute Gasteiger partial charge is 0.214 e. The van der Waals surface area contributed by atoms with Gasteiger partial charge < -0.3 is 9.64 Å². The molecule has 1 aromatic rings. The highest BCUT2D eigenvalue weighted by Gasteiger charge is 2.21. The Morgan fingerprint density at radius 1 is 1.38 bits per heavy atom. The first-order valence-corrected chi connectivity index (χ1v) is 6.00. The molecule has 0 aliphatic carbocycles.